The van der Waals surface area contributed by atoms with E-state index in [9.17, 15) is 9.59 Å². The number of hydrogen-bond acceptors (Lipinski definition) is 2. The number of carbonyl (C=O) groups is 2. The number of carboxylic acids is 1. The van der Waals surface area contributed by atoms with E-state index in [1.165, 1.54) is 0 Å². The summed E-state index contributed by atoms with van der Waals surface area (Å²) in [7, 11) is 0. The van der Waals surface area contributed by atoms with Crippen molar-refractivity contribution in [3.05, 3.63) is 48.0 Å². The number of carbonyl (C=O) groups excluding carboxylic acids is 1. The molecule has 21 heavy (non-hydrogen) atoms. The predicted molar refractivity (Wildman–Crippen MR) is 82.5 cm³/mol. The summed E-state index contributed by atoms with van der Waals surface area (Å²) in [5.74, 6) is -0.938. The van der Waals surface area contributed by atoms with E-state index in [1.54, 1.807) is 35.2 Å². The predicted octanol–water partition coefficient (Wildman–Crippen LogP) is 2.53. The maximum atomic E-state index is 12.0. The SMILES string of the molecule is C=CCN(C(=O)NCCc1ccc(C(=O)O)cc1)C(C)C. The third-order valence-corrected chi connectivity index (χ3v) is 3.10. The Labute approximate surface area is 125 Å². The normalized spacial score (nSPS) is 10.2. The van der Waals surface area contributed by atoms with Crippen LogP contribution >= 0.6 is 0 Å². The van der Waals surface area contributed by atoms with Crippen LogP contribution in [0.5, 0.6) is 0 Å². The van der Waals surface area contributed by atoms with Gasteiger partial charge >= 0.3 is 12.0 Å². The summed E-state index contributed by atoms with van der Waals surface area (Å²) in [5, 5.41) is 11.7. The minimum Gasteiger partial charge on any atom is -0.478 e. The summed E-state index contributed by atoms with van der Waals surface area (Å²) < 4.78 is 0. The Morgan fingerprint density at radius 3 is 2.43 bits per heavy atom. The van der Waals surface area contributed by atoms with Crippen LogP contribution in [0.2, 0.25) is 0 Å². The lowest BCUT2D eigenvalue weighted by Crippen LogP contribution is -2.44. The average Bonchev–Trinajstić information content (AvgIpc) is 2.44. The molecule has 0 fully saturated rings. The first-order valence-electron chi connectivity index (χ1n) is 6.93. The molecule has 0 aliphatic rings. The zero-order valence-electron chi connectivity index (χ0n) is 12.5. The zero-order chi connectivity index (χ0) is 15.8. The minimum absolute atomic E-state index is 0.109. The molecule has 1 aromatic carbocycles. The smallest absolute Gasteiger partial charge is 0.335 e. The van der Waals surface area contributed by atoms with Crippen molar-refractivity contribution in [1.29, 1.82) is 0 Å². The second kappa shape index (κ2) is 8.09. The number of aromatic carboxylic acids is 1. The monoisotopic (exact) mass is 290 g/mol. The van der Waals surface area contributed by atoms with Crippen LogP contribution in [0.25, 0.3) is 0 Å². The molecule has 114 valence electrons. The maximum Gasteiger partial charge on any atom is 0.335 e. The molecule has 0 spiro atoms. The van der Waals surface area contributed by atoms with Gasteiger partial charge in [0.1, 0.15) is 0 Å². The Morgan fingerprint density at radius 1 is 1.33 bits per heavy atom. The van der Waals surface area contributed by atoms with E-state index in [-0.39, 0.29) is 17.6 Å². The van der Waals surface area contributed by atoms with Crippen molar-refractivity contribution in [3.8, 4) is 0 Å². The van der Waals surface area contributed by atoms with Crippen LogP contribution in [0.3, 0.4) is 0 Å². The lowest BCUT2D eigenvalue weighted by molar-refractivity contribution is 0.0697. The second-order valence-electron chi connectivity index (χ2n) is 5.02. The maximum absolute atomic E-state index is 12.0. The lowest BCUT2D eigenvalue weighted by atomic mass is 10.1. The van der Waals surface area contributed by atoms with Crippen LogP contribution in [0.15, 0.2) is 36.9 Å². The molecule has 1 rings (SSSR count). The van der Waals surface area contributed by atoms with Crippen LogP contribution < -0.4 is 5.32 Å². The zero-order valence-corrected chi connectivity index (χ0v) is 12.5. The third-order valence-electron chi connectivity index (χ3n) is 3.10. The Balaban J connectivity index is 2.46. The molecule has 0 saturated heterocycles. The van der Waals surface area contributed by atoms with Crippen LogP contribution in [-0.4, -0.2) is 41.1 Å². The van der Waals surface area contributed by atoms with Gasteiger partial charge in [0.25, 0.3) is 0 Å². The van der Waals surface area contributed by atoms with E-state index < -0.39 is 5.97 Å². The molecule has 0 unspecified atom stereocenters. The number of carboxylic acid groups (broad SMARTS) is 1. The molecular weight excluding hydrogens is 268 g/mol. The van der Waals surface area contributed by atoms with Crippen molar-refractivity contribution in [2.45, 2.75) is 26.3 Å². The van der Waals surface area contributed by atoms with Crippen LogP contribution in [0.4, 0.5) is 4.79 Å². The van der Waals surface area contributed by atoms with E-state index in [4.69, 9.17) is 5.11 Å². The van der Waals surface area contributed by atoms with Gasteiger partial charge in [0, 0.05) is 19.1 Å². The fraction of sp³-hybridized carbons (Fsp3) is 0.375. The van der Waals surface area contributed by atoms with E-state index in [1.807, 2.05) is 13.8 Å². The number of hydrogen-bond donors (Lipinski definition) is 2. The van der Waals surface area contributed by atoms with Gasteiger partial charge in [0.2, 0.25) is 0 Å². The van der Waals surface area contributed by atoms with Crippen molar-refractivity contribution < 1.29 is 14.7 Å². The molecule has 0 aromatic heterocycles. The Morgan fingerprint density at radius 2 is 1.95 bits per heavy atom. The summed E-state index contributed by atoms with van der Waals surface area (Å²) >= 11 is 0. The highest BCUT2D eigenvalue weighted by Crippen LogP contribution is 2.05. The van der Waals surface area contributed by atoms with Crippen molar-refractivity contribution >= 4 is 12.0 Å². The summed E-state index contributed by atoms with van der Waals surface area (Å²) in [4.78, 5) is 24.4. The Kier molecular flexibility index (Phi) is 6.46. The first-order valence-corrected chi connectivity index (χ1v) is 6.93. The fourth-order valence-corrected chi connectivity index (χ4v) is 1.90. The molecule has 2 N–H and O–H groups in total. The van der Waals surface area contributed by atoms with Crippen LogP contribution in [-0.2, 0) is 6.42 Å². The van der Waals surface area contributed by atoms with E-state index in [2.05, 4.69) is 11.9 Å². The van der Waals surface area contributed by atoms with E-state index in [0.29, 0.717) is 19.5 Å². The largest absolute Gasteiger partial charge is 0.478 e. The molecule has 0 bridgehead atoms. The Bertz CT molecular complexity index is 495. The quantitative estimate of drug-likeness (QED) is 0.758. The van der Waals surface area contributed by atoms with Crippen molar-refractivity contribution in [2.24, 2.45) is 0 Å². The summed E-state index contributed by atoms with van der Waals surface area (Å²) in [5.41, 5.74) is 1.25. The van der Waals surface area contributed by atoms with Crippen molar-refractivity contribution in [3.63, 3.8) is 0 Å². The second-order valence-corrected chi connectivity index (χ2v) is 5.02. The van der Waals surface area contributed by atoms with Crippen molar-refractivity contribution in [2.75, 3.05) is 13.1 Å². The summed E-state index contributed by atoms with van der Waals surface area (Å²) in [6.45, 7) is 8.57. The number of nitrogens with one attached hydrogen (secondary N) is 1. The summed E-state index contributed by atoms with van der Waals surface area (Å²) in [6, 6.07) is 6.65. The Hall–Kier alpha value is -2.30. The number of benzene rings is 1. The van der Waals surface area contributed by atoms with Gasteiger partial charge < -0.3 is 15.3 Å². The molecule has 0 radical (unpaired) electrons. The van der Waals surface area contributed by atoms with Gasteiger partial charge in [-0.3, -0.25) is 0 Å². The van der Waals surface area contributed by atoms with Crippen molar-refractivity contribution in [1.82, 2.24) is 10.2 Å². The van der Waals surface area contributed by atoms with Gasteiger partial charge in [-0.2, -0.15) is 0 Å². The molecular formula is C16H22N2O3. The summed E-state index contributed by atoms with van der Waals surface area (Å²) in [6.07, 6.45) is 2.36. The van der Waals surface area contributed by atoms with Crippen LogP contribution in [0, 0.1) is 0 Å². The van der Waals surface area contributed by atoms with E-state index in [0.717, 1.165) is 5.56 Å². The third kappa shape index (κ3) is 5.30. The lowest BCUT2D eigenvalue weighted by Gasteiger charge is -2.25. The number of urea groups is 1. The molecule has 5 nitrogen and oxygen atoms in total. The van der Waals surface area contributed by atoms with Gasteiger partial charge in [-0.15, -0.1) is 6.58 Å². The molecule has 0 heterocycles. The van der Waals surface area contributed by atoms with Gasteiger partial charge in [-0.1, -0.05) is 18.2 Å². The molecule has 0 aliphatic heterocycles. The van der Waals surface area contributed by atoms with Gasteiger partial charge in [-0.25, -0.2) is 9.59 Å². The molecule has 2 amide bonds. The highest BCUT2D eigenvalue weighted by molar-refractivity contribution is 5.87. The minimum atomic E-state index is -0.938. The first kappa shape index (κ1) is 16.8. The molecule has 0 aliphatic carbocycles. The first-order chi connectivity index (χ1) is 9.95. The standard InChI is InChI=1S/C16H22N2O3/c1-4-11-18(12(2)3)16(21)17-10-9-13-5-7-14(8-6-13)15(19)20/h4-8,12H,1,9-11H2,2-3H3,(H,17,21)(H,19,20). The fourth-order valence-electron chi connectivity index (χ4n) is 1.90. The average molecular weight is 290 g/mol. The number of amides is 2. The van der Waals surface area contributed by atoms with E-state index >= 15 is 0 Å². The molecule has 0 saturated carbocycles. The van der Waals surface area contributed by atoms with Gasteiger partial charge in [0.15, 0.2) is 0 Å². The highest BCUT2D eigenvalue weighted by Gasteiger charge is 2.14. The molecule has 0 atom stereocenters. The number of rotatable bonds is 7. The molecule has 5 heteroatoms. The molecule has 1 aromatic rings. The highest BCUT2D eigenvalue weighted by atomic mass is 16.4. The number of nitrogens with zero attached hydrogens (tertiary/aromatic N) is 1. The van der Waals surface area contributed by atoms with Gasteiger partial charge in [0.05, 0.1) is 5.56 Å². The van der Waals surface area contributed by atoms with Crippen LogP contribution in [0.1, 0.15) is 29.8 Å². The van der Waals surface area contributed by atoms with Gasteiger partial charge in [-0.05, 0) is 38.0 Å². The topological polar surface area (TPSA) is 69.6 Å².